The van der Waals surface area contributed by atoms with E-state index in [4.69, 9.17) is 5.73 Å². The maximum atomic E-state index is 10.6. The van der Waals surface area contributed by atoms with Gasteiger partial charge < -0.3 is 15.8 Å². The van der Waals surface area contributed by atoms with E-state index in [1.807, 2.05) is 0 Å². The second kappa shape index (κ2) is 3.06. The molecule has 14 heavy (non-hydrogen) atoms. The van der Waals surface area contributed by atoms with Crippen LogP contribution < -0.4 is 5.73 Å². The minimum absolute atomic E-state index is 0.00438. The van der Waals surface area contributed by atoms with E-state index in [2.05, 4.69) is 10.2 Å². The Morgan fingerprint density at radius 1 is 1.71 bits per heavy atom. The minimum atomic E-state index is -0.436. The third-order valence-corrected chi connectivity index (χ3v) is 2.83. The van der Waals surface area contributed by atoms with E-state index in [-0.39, 0.29) is 11.2 Å². The Balaban J connectivity index is 2.16. The summed E-state index contributed by atoms with van der Waals surface area (Å²) in [4.78, 5) is 10.1. The number of aromatic nitrogens is 2. The first kappa shape index (κ1) is 9.14. The molecular weight excluding hydrogens is 184 g/mol. The zero-order chi connectivity index (χ0) is 10.2. The van der Waals surface area contributed by atoms with Gasteiger partial charge in [-0.2, -0.15) is 0 Å². The fourth-order valence-electron chi connectivity index (χ4n) is 1.63. The highest BCUT2D eigenvalue weighted by Gasteiger charge is 2.42. The van der Waals surface area contributed by atoms with Gasteiger partial charge in [0.05, 0.1) is 11.8 Å². The van der Waals surface area contributed by atoms with Gasteiger partial charge in [-0.25, -0.2) is 0 Å². The van der Waals surface area contributed by atoms with Gasteiger partial charge in [0.1, 0.15) is 0 Å². The van der Waals surface area contributed by atoms with Gasteiger partial charge in [-0.05, 0) is 36.1 Å². The monoisotopic (exact) mass is 196 g/mol. The van der Waals surface area contributed by atoms with Crippen molar-refractivity contribution >= 4 is 5.82 Å². The zero-order valence-corrected chi connectivity index (χ0v) is 7.69. The summed E-state index contributed by atoms with van der Waals surface area (Å²) in [6.45, 7) is 0.593. The molecule has 1 aliphatic carbocycles. The van der Waals surface area contributed by atoms with Gasteiger partial charge in [0.2, 0.25) is 0 Å². The molecule has 0 saturated heterocycles. The summed E-state index contributed by atoms with van der Waals surface area (Å²) in [6, 6.07) is 0. The van der Waals surface area contributed by atoms with Crippen molar-refractivity contribution in [2.45, 2.75) is 19.3 Å². The van der Waals surface area contributed by atoms with E-state index in [0.29, 0.717) is 18.5 Å². The van der Waals surface area contributed by atoms with Crippen LogP contribution in [0.1, 0.15) is 18.4 Å². The third kappa shape index (κ3) is 1.48. The molecule has 1 saturated carbocycles. The molecule has 0 bridgehead atoms. The number of hydrogen-bond acceptors (Lipinski definition) is 4. The van der Waals surface area contributed by atoms with E-state index in [1.165, 1.54) is 6.20 Å². The molecule has 0 unspecified atom stereocenters. The molecule has 76 valence electrons. The standard InChI is InChI=1S/C8H12N4O2/c9-5-8(1-2-8)3-6-4-10-11-7(6)12(13)14/h4H,1-3,5,9H2,(H,10,11). The van der Waals surface area contributed by atoms with E-state index in [0.717, 1.165) is 12.8 Å². The lowest BCUT2D eigenvalue weighted by atomic mass is 9.98. The van der Waals surface area contributed by atoms with Crippen LogP contribution in [0.4, 0.5) is 5.82 Å². The van der Waals surface area contributed by atoms with Gasteiger partial charge in [0.25, 0.3) is 0 Å². The fraction of sp³-hybridized carbons (Fsp3) is 0.625. The molecular formula is C8H12N4O2. The van der Waals surface area contributed by atoms with Crippen molar-refractivity contribution in [2.24, 2.45) is 11.1 Å². The number of nitrogens with two attached hydrogens (primary N) is 1. The van der Waals surface area contributed by atoms with Crippen molar-refractivity contribution in [3.05, 3.63) is 21.9 Å². The number of hydrogen-bond donors (Lipinski definition) is 2. The number of rotatable bonds is 4. The van der Waals surface area contributed by atoms with Gasteiger partial charge in [0.15, 0.2) is 0 Å². The highest BCUT2D eigenvalue weighted by molar-refractivity contribution is 5.31. The molecule has 0 aromatic carbocycles. The van der Waals surface area contributed by atoms with Crippen molar-refractivity contribution in [1.29, 1.82) is 0 Å². The molecule has 0 atom stereocenters. The molecule has 0 amide bonds. The second-order valence-corrected chi connectivity index (χ2v) is 3.88. The number of nitro groups is 1. The average molecular weight is 196 g/mol. The van der Waals surface area contributed by atoms with E-state index < -0.39 is 4.92 Å². The zero-order valence-electron chi connectivity index (χ0n) is 7.69. The normalized spacial score (nSPS) is 18.1. The van der Waals surface area contributed by atoms with Gasteiger partial charge in [-0.1, -0.05) is 5.10 Å². The minimum Gasteiger partial charge on any atom is -0.358 e. The van der Waals surface area contributed by atoms with Crippen LogP contribution in [-0.4, -0.2) is 21.7 Å². The van der Waals surface area contributed by atoms with Crippen LogP contribution in [-0.2, 0) is 6.42 Å². The van der Waals surface area contributed by atoms with Crippen molar-refractivity contribution in [1.82, 2.24) is 10.2 Å². The number of H-pyrrole nitrogens is 1. The topological polar surface area (TPSA) is 97.8 Å². The second-order valence-electron chi connectivity index (χ2n) is 3.88. The smallest absolute Gasteiger partial charge is 0.345 e. The molecule has 3 N–H and O–H groups in total. The predicted molar refractivity (Wildman–Crippen MR) is 49.7 cm³/mol. The van der Waals surface area contributed by atoms with Crippen LogP contribution in [0.3, 0.4) is 0 Å². The summed E-state index contributed by atoms with van der Waals surface area (Å²) in [6.07, 6.45) is 4.31. The molecule has 0 spiro atoms. The van der Waals surface area contributed by atoms with E-state index >= 15 is 0 Å². The Morgan fingerprint density at radius 2 is 2.43 bits per heavy atom. The lowest BCUT2D eigenvalue weighted by Gasteiger charge is -2.09. The van der Waals surface area contributed by atoms with Crippen LogP contribution >= 0.6 is 0 Å². The first-order chi connectivity index (χ1) is 6.67. The summed E-state index contributed by atoms with van der Waals surface area (Å²) >= 11 is 0. The lowest BCUT2D eigenvalue weighted by Crippen LogP contribution is -2.18. The molecule has 1 heterocycles. The Hall–Kier alpha value is -1.43. The average Bonchev–Trinajstić information content (AvgIpc) is 2.76. The number of nitrogens with one attached hydrogen (secondary N) is 1. The first-order valence-corrected chi connectivity index (χ1v) is 4.54. The van der Waals surface area contributed by atoms with Crippen molar-refractivity contribution in [3.8, 4) is 0 Å². The highest BCUT2D eigenvalue weighted by atomic mass is 16.6. The summed E-state index contributed by atoms with van der Waals surface area (Å²) in [5.41, 5.74) is 6.38. The summed E-state index contributed by atoms with van der Waals surface area (Å²) in [7, 11) is 0. The van der Waals surface area contributed by atoms with Gasteiger partial charge >= 0.3 is 5.82 Å². The van der Waals surface area contributed by atoms with Gasteiger partial charge in [0, 0.05) is 0 Å². The number of nitrogens with zero attached hydrogens (tertiary/aromatic N) is 2. The Morgan fingerprint density at radius 3 is 2.93 bits per heavy atom. The van der Waals surface area contributed by atoms with Crippen molar-refractivity contribution in [3.63, 3.8) is 0 Å². The number of aromatic amines is 1. The predicted octanol–water partition coefficient (Wildman–Crippen LogP) is 0.599. The molecule has 0 aliphatic heterocycles. The summed E-state index contributed by atoms with van der Waals surface area (Å²) in [5.74, 6) is 0.00438. The Labute approximate surface area is 80.6 Å². The van der Waals surface area contributed by atoms with Crippen LogP contribution in [0.25, 0.3) is 0 Å². The maximum Gasteiger partial charge on any atom is 0.345 e. The quantitative estimate of drug-likeness (QED) is 0.544. The molecule has 0 radical (unpaired) electrons. The van der Waals surface area contributed by atoms with E-state index in [1.54, 1.807) is 0 Å². The van der Waals surface area contributed by atoms with Gasteiger partial charge in [-0.15, -0.1) is 5.10 Å². The maximum absolute atomic E-state index is 10.6. The lowest BCUT2D eigenvalue weighted by molar-refractivity contribution is -0.390. The van der Waals surface area contributed by atoms with Gasteiger partial charge in [-0.3, -0.25) is 0 Å². The van der Waals surface area contributed by atoms with Crippen LogP contribution in [0.2, 0.25) is 0 Å². The van der Waals surface area contributed by atoms with E-state index in [9.17, 15) is 10.1 Å². The molecule has 1 fully saturated rings. The summed E-state index contributed by atoms with van der Waals surface area (Å²) in [5, 5.41) is 16.7. The molecule has 1 aromatic rings. The fourth-order valence-corrected chi connectivity index (χ4v) is 1.63. The third-order valence-electron chi connectivity index (χ3n) is 2.83. The Kier molecular flexibility index (Phi) is 1.99. The molecule has 6 nitrogen and oxygen atoms in total. The first-order valence-electron chi connectivity index (χ1n) is 4.54. The van der Waals surface area contributed by atoms with Crippen molar-refractivity contribution in [2.75, 3.05) is 6.54 Å². The molecule has 1 aromatic heterocycles. The summed E-state index contributed by atoms with van der Waals surface area (Å²) < 4.78 is 0. The van der Waals surface area contributed by atoms with Crippen LogP contribution in [0.15, 0.2) is 6.20 Å². The highest BCUT2D eigenvalue weighted by Crippen LogP contribution is 2.48. The SMILES string of the molecule is NCC1(Cc2cn[nH]c2[N+](=O)[O-])CC1. The Bertz CT molecular complexity index is 356. The van der Waals surface area contributed by atoms with Crippen LogP contribution in [0, 0.1) is 15.5 Å². The molecule has 1 aliphatic rings. The van der Waals surface area contributed by atoms with Crippen LogP contribution in [0.5, 0.6) is 0 Å². The largest absolute Gasteiger partial charge is 0.358 e. The molecule has 2 rings (SSSR count). The van der Waals surface area contributed by atoms with Crippen molar-refractivity contribution < 1.29 is 4.92 Å². The molecule has 6 heteroatoms.